The molecule has 0 aliphatic carbocycles. The number of hydrogen-bond donors (Lipinski definition) is 1. The summed E-state index contributed by atoms with van der Waals surface area (Å²) in [7, 11) is 1.79. The first kappa shape index (κ1) is 21.1. The zero-order valence-corrected chi connectivity index (χ0v) is 16.9. The molecule has 0 bridgehead atoms. The van der Waals surface area contributed by atoms with Crippen molar-refractivity contribution in [3.8, 4) is 22.8 Å². The van der Waals surface area contributed by atoms with E-state index in [0.717, 1.165) is 17.3 Å². The third-order valence-corrected chi connectivity index (χ3v) is 5.12. The summed E-state index contributed by atoms with van der Waals surface area (Å²) >= 11 is 1.41. The molecule has 1 N–H and O–H groups in total. The summed E-state index contributed by atoms with van der Waals surface area (Å²) in [6.45, 7) is 0. The van der Waals surface area contributed by atoms with Gasteiger partial charge in [0.15, 0.2) is 0 Å². The molecule has 0 aliphatic rings. The zero-order valence-electron chi connectivity index (χ0n) is 16.1. The third kappa shape index (κ3) is 4.47. The lowest BCUT2D eigenvalue weighted by Crippen LogP contribution is -2.07. The number of ether oxygens (including phenoxy) is 1. The Hall–Kier alpha value is -3.17. The lowest BCUT2D eigenvalue weighted by Gasteiger charge is -2.13. The lowest BCUT2D eigenvalue weighted by atomic mass is 10.0. The van der Waals surface area contributed by atoms with Gasteiger partial charge in [0.1, 0.15) is 23.6 Å². The van der Waals surface area contributed by atoms with Crippen LogP contribution in [0, 0.1) is 5.82 Å². The van der Waals surface area contributed by atoms with Crippen molar-refractivity contribution < 1.29 is 22.3 Å². The van der Waals surface area contributed by atoms with Crippen LogP contribution in [-0.2, 0) is 6.18 Å². The van der Waals surface area contributed by atoms with Crippen molar-refractivity contribution in [2.75, 3.05) is 7.05 Å². The van der Waals surface area contributed by atoms with Crippen LogP contribution in [-0.4, -0.2) is 17.0 Å². The number of alkyl halides is 3. The Labute approximate surface area is 179 Å². The summed E-state index contributed by atoms with van der Waals surface area (Å²) in [5, 5.41) is 0.0980. The fourth-order valence-corrected chi connectivity index (χ4v) is 3.69. The first-order valence-corrected chi connectivity index (χ1v) is 9.91. The summed E-state index contributed by atoms with van der Waals surface area (Å²) in [6, 6.07) is 14.9. The molecule has 1 aromatic heterocycles. The molecule has 0 saturated carbocycles. The Kier molecular flexibility index (Phi) is 5.79. The van der Waals surface area contributed by atoms with Gasteiger partial charge in [-0.15, -0.1) is 0 Å². The second-order valence-electron chi connectivity index (χ2n) is 6.45. The van der Waals surface area contributed by atoms with E-state index in [4.69, 9.17) is 4.74 Å². The van der Waals surface area contributed by atoms with Gasteiger partial charge in [-0.05, 0) is 61.5 Å². The van der Waals surface area contributed by atoms with E-state index in [1.165, 1.54) is 42.3 Å². The van der Waals surface area contributed by atoms with Gasteiger partial charge in [0.05, 0.1) is 16.8 Å². The Morgan fingerprint density at radius 2 is 1.71 bits per heavy atom. The van der Waals surface area contributed by atoms with Crippen LogP contribution in [0.3, 0.4) is 0 Å². The van der Waals surface area contributed by atoms with Crippen LogP contribution in [0.5, 0.6) is 11.5 Å². The molecular formula is C22H15F4N3OS. The standard InChI is InChI=1S/C22H15F4N3OS/c1-27-31-15-5-2-4-13(10-15)30-14-8-9-19(23)17(11-14)20-16-6-3-7-18(22(24,25)26)21(16)29-12-28-20/h2-12,27H,1H3. The van der Waals surface area contributed by atoms with Gasteiger partial charge in [-0.25, -0.2) is 14.4 Å². The topological polar surface area (TPSA) is 47.0 Å². The SMILES string of the molecule is CNSc1cccc(Oc2ccc(F)c(-c3ncnc4c(C(F)(F)F)cccc34)c2)c1. The average molecular weight is 445 g/mol. The molecule has 0 saturated heterocycles. The van der Waals surface area contributed by atoms with Crippen molar-refractivity contribution in [3.63, 3.8) is 0 Å². The number of benzene rings is 3. The van der Waals surface area contributed by atoms with Gasteiger partial charge >= 0.3 is 6.18 Å². The van der Waals surface area contributed by atoms with Crippen LogP contribution in [0.2, 0.25) is 0 Å². The van der Waals surface area contributed by atoms with E-state index in [2.05, 4.69) is 14.7 Å². The summed E-state index contributed by atoms with van der Waals surface area (Å²) < 4.78 is 63.6. The third-order valence-electron chi connectivity index (χ3n) is 4.42. The highest BCUT2D eigenvalue weighted by atomic mass is 32.2. The van der Waals surface area contributed by atoms with Crippen LogP contribution in [0.15, 0.2) is 71.9 Å². The van der Waals surface area contributed by atoms with Crippen molar-refractivity contribution in [3.05, 3.63) is 78.4 Å². The predicted octanol–water partition coefficient (Wildman–Crippen LogP) is 6.47. The van der Waals surface area contributed by atoms with E-state index in [1.54, 1.807) is 19.2 Å². The number of halogens is 4. The molecule has 0 spiro atoms. The molecule has 9 heteroatoms. The number of fused-ring (bicyclic) bond motifs is 1. The molecule has 0 atom stereocenters. The minimum absolute atomic E-state index is 0.0185. The summed E-state index contributed by atoms with van der Waals surface area (Å²) in [6.07, 6.45) is -3.59. The van der Waals surface area contributed by atoms with Crippen LogP contribution < -0.4 is 9.46 Å². The molecule has 0 amide bonds. The maximum absolute atomic E-state index is 14.7. The molecule has 3 aromatic carbocycles. The second-order valence-corrected chi connectivity index (χ2v) is 7.53. The first-order valence-electron chi connectivity index (χ1n) is 9.09. The first-order chi connectivity index (χ1) is 14.9. The van der Waals surface area contributed by atoms with E-state index >= 15 is 0 Å². The second kappa shape index (κ2) is 8.52. The van der Waals surface area contributed by atoms with Gasteiger partial charge in [0.2, 0.25) is 0 Å². The maximum Gasteiger partial charge on any atom is 0.418 e. The number of rotatable bonds is 5. The van der Waals surface area contributed by atoms with E-state index in [1.807, 2.05) is 12.1 Å². The summed E-state index contributed by atoms with van der Waals surface area (Å²) in [5.74, 6) is 0.218. The summed E-state index contributed by atoms with van der Waals surface area (Å²) in [5.41, 5.74) is -1.12. The Morgan fingerprint density at radius 3 is 2.48 bits per heavy atom. The zero-order chi connectivity index (χ0) is 22.0. The molecule has 31 heavy (non-hydrogen) atoms. The number of aromatic nitrogens is 2. The highest BCUT2D eigenvalue weighted by Crippen LogP contribution is 2.37. The molecular weight excluding hydrogens is 430 g/mol. The average Bonchev–Trinajstić information content (AvgIpc) is 2.74. The molecule has 4 aromatic rings. The number of hydrogen-bond acceptors (Lipinski definition) is 5. The van der Waals surface area contributed by atoms with Crippen LogP contribution in [0.1, 0.15) is 5.56 Å². The van der Waals surface area contributed by atoms with E-state index in [-0.39, 0.29) is 22.2 Å². The molecule has 0 unspecified atom stereocenters. The molecule has 0 radical (unpaired) electrons. The molecule has 0 aliphatic heterocycles. The largest absolute Gasteiger partial charge is 0.457 e. The monoisotopic (exact) mass is 445 g/mol. The molecule has 0 fully saturated rings. The van der Waals surface area contributed by atoms with Gasteiger partial charge in [0.25, 0.3) is 0 Å². The minimum atomic E-state index is -4.59. The number of nitrogens with one attached hydrogen (secondary N) is 1. The fourth-order valence-electron chi connectivity index (χ4n) is 3.14. The lowest BCUT2D eigenvalue weighted by molar-refractivity contribution is -0.136. The Bertz CT molecular complexity index is 1250. The normalized spacial score (nSPS) is 11.6. The van der Waals surface area contributed by atoms with Crippen LogP contribution >= 0.6 is 11.9 Å². The van der Waals surface area contributed by atoms with Crippen molar-refractivity contribution in [1.29, 1.82) is 0 Å². The minimum Gasteiger partial charge on any atom is -0.457 e. The van der Waals surface area contributed by atoms with Crippen LogP contribution in [0.4, 0.5) is 17.6 Å². The quantitative estimate of drug-likeness (QED) is 0.282. The highest BCUT2D eigenvalue weighted by Gasteiger charge is 2.33. The van der Waals surface area contributed by atoms with Gasteiger partial charge in [-0.3, -0.25) is 4.72 Å². The van der Waals surface area contributed by atoms with E-state index in [0.29, 0.717) is 11.5 Å². The molecule has 4 rings (SSSR count). The highest BCUT2D eigenvalue weighted by molar-refractivity contribution is 7.97. The predicted molar refractivity (Wildman–Crippen MR) is 111 cm³/mol. The van der Waals surface area contributed by atoms with Gasteiger partial charge in [0, 0.05) is 15.8 Å². The van der Waals surface area contributed by atoms with Crippen LogP contribution in [0.25, 0.3) is 22.2 Å². The van der Waals surface area contributed by atoms with E-state index in [9.17, 15) is 17.6 Å². The van der Waals surface area contributed by atoms with Crippen molar-refractivity contribution in [1.82, 2.24) is 14.7 Å². The fraction of sp³-hybridized carbons (Fsp3) is 0.0909. The van der Waals surface area contributed by atoms with Crippen molar-refractivity contribution in [2.45, 2.75) is 11.1 Å². The molecule has 1 heterocycles. The van der Waals surface area contributed by atoms with E-state index < -0.39 is 17.6 Å². The number of para-hydroxylation sites is 1. The maximum atomic E-state index is 14.7. The molecule has 158 valence electrons. The van der Waals surface area contributed by atoms with Crippen molar-refractivity contribution in [2.24, 2.45) is 0 Å². The molecule has 4 nitrogen and oxygen atoms in total. The van der Waals surface area contributed by atoms with Gasteiger partial charge in [-0.2, -0.15) is 13.2 Å². The number of nitrogens with zero attached hydrogens (tertiary/aromatic N) is 2. The van der Waals surface area contributed by atoms with Gasteiger partial charge in [-0.1, -0.05) is 18.2 Å². The van der Waals surface area contributed by atoms with Gasteiger partial charge < -0.3 is 4.74 Å². The Balaban J connectivity index is 1.78. The Morgan fingerprint density at radius 1 is 0.935 bits per heavy atom. The van der Waals surface area contributed by atoms with Crippen molar-refractivity contribution >= 4 is 22.9 Å². The smallest absolute Gasteiger partial charge is 0.418 e. The summed E-state index contributed by atoms with van der Waals surface area (Å²) in [4.78, 5) is 8.77.